The van der Waals surface area contributed by atoms with Gasteiger partial charge >= 0.3 is 0 Å². The predicted molar refractivity (Wildman–Crippen MR) is 118 cm³/mol. The summed E-state index contributed by atoms with van der Waals surface area (Å²) in [6, 6.07) is 15.5. The number of rotatable bonds is 3. The van der Waals surface area contributed by atoms with E-state index in [0.29, 0.717) is 10.1 Å². The van der Waals surface area contributed by atoms with Crippen molar-refractivity contribution in [2.75, 3.05) is 0 Å². The van der Waals surface area contributed by atoms with Crippen LogP contribution in [-0.4, -0.2) is 20.6 Å². The van der Waals surface area contributed by atoms with Crippen LogP contribution in [0.1, 0.15) is 17.0 Å². The highest BCUT2D eigenvalue weighted by Crippen LogP contribution is 2.30. The highest BCUT2D eigenvalue weighted by molar-refractivity contribution is 9.10. The summed E-state index contributed by atoms with van der Waals surface area (Å²) in [5.41, 5.74) is 3.89. The Kier molecular flexibility index (Phi) is 5.19. The van der Waals surface area contributed by atoms with E-state index in [-0.39, 0.29) is 5.91 Å². The minimum atomic E-state index is -0.136. The van der Waals surface area contributed by atoms with Crippen LogP contribution in [0.5, 0.6) is 0 Å². The molecule has 0 radical (unpaired) electrons. The van der Waals surface area contributed by atoms with E-state index in [1.807, 2.05) is 62.4 Å². The molecule has 3 heterocycles. The Bertz CT molecular complexity index is 1100. The summed E-state index contributed by atoms with van der Waals surface area (Å²) in [5.74, 6) is 0.728. The molecule has 0 unspecified atom stereocenters. The molecule has 1 saturated heterocycles. The molecule has 1 amide bonds. The molecule has 4 rings (SSSR count). The largest absolute Gasteiger partial charge is 0.303 e. The lowest BCUT2D eigenvalue weighted by Crippen LogP contribution is -2.19. The molecule has 140 valence electrons. The van der Waals surface area contributed by atoms with E-state index in [1.165, 1.54) is 11.8 Å². The molecule has 1 N–H and O–H groups in total. The van der Waals surface area contributed by atoms with E-state index in [9.17, 15) is 4.79 Å². The topological polar surface area (TPSA) is 59.3 Å². The van der Waals surface area contributed by atoms with Crippen molar-refractivity contribution in [3.8, 4) is 5.82 Å². The summed E-state index contributed by atoms with van der Waals surface area (Å²) in [7, 11) is 0. The van der Waals surface area contributed by atoms with Crippen molar-refractivity contribution in [3.63, 3.8) is 0 Å². The van der Waals surface area contributed by atoms with Crippen molar-refractivity contribution in [2.24, 2.45) is 4.99 Å². The Labute approximate surface area is 175 Å². The first kappa shape index (κ1) is 18.7. The Hall–Kier alpha value is -2.64. The monoisotopic (exact) mass is 452 g/mol. The number of amidine groups is 1. The number of nitrogens with zero attached hydrogens (tertiary/aromatic N) is 3. The quantitative estimate of drug-likeness (QED) is 0.559. The van der Waals surface area contributed by atoms with Crippen molar-refractivity contribution in [1.82, 2.24) is 14.9 Å². The first-order valence-electron chi connectivity index (χ1n) is 8.67. The summed E-state index contributed by atoms with van der Waals surface area (Å²) in [6.45, 7) is 4.06. The van der Waals surface area contributed by atoms with Gasteiger partial charge in [-0.3, -0.25) is 4.79 Å². The van der Waals surface area contributed by atoms with E-state index in [2.05, 4.69) is 41.9 Å². The molecule has 1 aliphatic heterocycles. The number of aromatic nitrogens is 2. The van der Waals surface area contributed by atoms with Crippen molar-refractivity contribution < 1.29 is 4.79 Å². The summed E-state index contributed by atoms with van der Waals surface area (Å²) >= 11 is 4.75. The highest BCUT2D eigenvalue weighted by atomic mass is 79.9. The predicted octanol–water partition coefficient (Wildman–Crippen LogP) is 5.14. The molecule has 0 aliphatic carbocycles. The fourth-order valence-electron chi connectivity index (χ4n) is 3.03. The van der Waals surface area contributed by atoms with E-state index in [4.69, 9.17) is 0 Å². The van der Waals surface area contributed by atoms with Crippen LogP contribution < -0.4 is 5.32 Å². The van der Waals surface area contributed by atoms with Crippen LogP contribution in [-0.2, 0) is 4.79 Å². The number of thioether (sulfide) groups is 1. The zero-order valence-electron chi connectivity index (χ0n) is 15.3. The van der Waals surface area contributed by atoms with Gasteiger partial charge in [0.1, 0.15) is 5.82 Å². The fourth-order valence-corrected chi connectivity index (χ4v) is 4.12. The van der Waals surface area contributed by atoms with Gasteiger partial charge in [0.2, 0.25) is 0 Å². The van der Waals surface area contributed by atoms with Gasteiger partial charge in [-0.15, -0.1) is 0 Å². The molecule has 0 atom stereocenters. The molecule has 5 nitrogen and oxygen atoms in total. The van der Waals surface area contributed by atoms with E-state index in [0.717, 1.165) is 32.9 Å². The molecular weight excluding hydrogens is 436 g/mol. The Morgan fingerprint density at radius 3 is 2.68 bits per heavy atom. The van der Waals surface area contributed by atoms with Crippen LogP contribution in [0.4, 0.5) is 5.69 Å². The van der Waals surface area contributed by atoms with Crippen molar-refractivity contribution in [2.45, 2.75) is 13.8 Å². The minimum Gasteiger partial charge on any atom is -0.303 e. The lowest BCUT2D eigenvalue weighted by Gasteiger charge is -2.07. The van der Waals surface area contributed by atoms with Crippen molar-refractivity contribution >= 4 is 50.5 Å². The number of aliphatic imine (C=N–C) groups is 1. The number of amides is 1. The number of aryl methyl sites for hydroxylation is 1. The molecule has 0 saturated carbocycles. The number of hydrogen-bond acceptors (Lipinski definition) is 4. The molecule has 1 aliphatic rings. The first-order valence-corrected chi connectivity index (χ1v) is 10.3. The van der Waals surface area contributed by atoms with Crippen LogP contribution in [0.15, 0.2) is 69.1 Å². The second-order valence-corrected chi connectivity index (χ2v) is 8.25. The normalized spacial score (nSPS) is 16.8. The average molecular weight is 453 g/mol. The number of hydrogen-bond donors (Lipinski definition) is 1. The van der Waals surface area contributed by atoms with Crippen molar-refractivity contribution in [3.05, 3.63) is 81.1 Å². The average Bonchev–Trinajstić information content (AvgIpc) is 3.16. The van der Waals surface area contributed by atoms with Gasteiger partial charge in [-0.25, -0.2) is 9.98 Å². The van der Waals surface area contributed by atoms with Crippen LogP contribution in [0.2, 0.25) is 0 Å². The number of nitrogens with one attached hydrogen (secondary N) is 1. The molecule has 3 aromatic rings. The summed E-state index contributed by atoms with van der Waals surface area (Å²) in [4.78, 5) is 22.0. The second kappa shape index (κ2) is 7.77. The smallest absolute Gasteiger partial charge is 0.264 e. The standard InChI is InChI=1S/C21H17BrN4OS/c1-13-11-15(14(2)26(13)19-5-3-4-10-23-19)12-18-20(27)25-21(28-18)24-17-8-6-16(22)7-9-17/h3-12H,1-2H3,(H,24,25,27)/b18-12-. The molecule has 0 spiro atoms. The van der Waals surface area contributed by atoms with E-state index in [1.54, 1.807) is 6.20 Å². The lowest BCUT2D eigenvalue weighted by atomic mass is 10.2. The Balaban J connectivity index is 1.63. The van der Waals surface area contributed by atoms with Crippen LogP contribution in [0.25, 0.3) is 11.9 Å². The maximum absolute atomic E-state index is 12.4. The van der Waals surface area contributed by atoms with Gasteiger partial charge in [0.25, 0.3) is 5.91 Å². The summed E-state index contributed by atoms with van der Waals surface area (Å²) in [5, 5.41) is 3.42. The van der Waals surface area contributed by atoms with Gasteiger partial charge in [-0.2, -0.15) is 0 Å². The van der Waals surface area contributed by atoms with Crippen LogP contribution in [0, 0.1) is 13.8 Å². The zero-order chi connectivity index (χ0) is 19.7. The van der Waals surface area contributed by atoms with E-state index < -0.39 is 0 Å². The SMILES string of the molecule is Cc1cc(/C=C2\SC(=Nc3ccc(Br)cc3)NC2=O)c(C)n1-c1ccccn1. The summed E-state index contributed by atoms with van der Waals surface area (Å²) < 4.78 is 3.07. The van der Waals surface area contributed by atoms with Gasteiger partial charge in [0, 0.05) is 22.1 Å². The minimum absolute atomic E-state index is 0.136. The van der Waals surface area contributed by atoms with Gasteiger partial charge in [-0.05, 0) is 79.7 Å². The maximum Gasteiger partial charge on any atom is 0.264 e. The van der Waals surface area contributed by atoms with Gasteiger partial charge in [0.15, 0.2) is 5.17 Å². The third-order valence-electron chi connectivity index (χ3n) is 4.34. The number of halogens is 1. The first-order chi connectivity index (χ1) is 13.5. The Morgan fingerprint density at radius 2 is 1.96 bits per heavy atom. The lowest BCUT2D eigenvalue weighted by molar-refractivity contribution is -0.115. The molecule has 7 heteroatoms. The number of pyridine rings is 1. The van der Waals surface area contributed by atoms with Crippen LogP contribution >= 0.6 is 27.7 Å². The summed E-state index contributed by atoms with van der Waals surface area (Å²) in [6.07, 6.45) is 3.68. The molecule has 2 aromatic heterocycles. The number of benzene rings is 1. The van der Waals surface area contributed by atoms with Gasteiger partial charge in [0.05, 0.1) is 10.6 Å². The third-order valence-corrected chi connectivity index (χ3v) is 5.78. The van der Waals surface area contributed by atoms with Crippen LogP contribution in [0.3, 0.4) is 0 Å². The zero-order valence-corrected chi connectivity index (χ0v) is 17.7. The van der Waals surface area contributed by atoms with E-state index >= 15 is 0 Å². The third kappa shape index (κ3) is 3.81. The van der Waals surface area contributed by atoms with Gasteiger partial charge < -0.3 is 9.88 Å². The number of carbonyl (C=O) groups excluding carboxylic acids is 1. The maximum atomic E-state index is 12.4. The molecule has 28 heavy (non-hydrogen) atoms. The number of carbonyl (C=O) groups is 1. The Morgan fingerprint density at radius 1 is 1.18 bits per heavy atom. The molecule has 1 fully saturated rings. The molecule has 1 aromatic carbocycles. The fraction of sp³-hybridized carbons (Fsp3) is 0.0952. The van der Waals surface area contributed by atoms with Crippen molar-refractivity contribution in [1.29, 1.82) is 0 Å². The highest BCUT2D eigenvalue weighted by Gasteiger charge is 2.24. The molecular formula is C21H17BrN4OS. The molecule has 0 bridgehead atoms. The van der Waals surface area contributed by atoms with Gasteiger partial charge in [-0.1, -0.05) is 22.0 Å². The second-order valence-electron chi connectivity index (χ2n) is 6.31.